The van der Waals surface area contributed by atoms with Crippen LogP contribution in [0.4, 0.5) is 11.4 Å². The van der Waals surface area contributed by atoms with Gasteiger partial charge in [-0.1, -0.05) is 12.8 Å². The van der Waals surface area contributed by atoms with E-state index in [1.807, 2.05) is 30.3 Å². The molecular formula is C22H27N3O3. The summed E-state index contributed by atoms with van der Waals surface area (Å²) in [7, 11) is 0. The van der Waals surface area contributed by atoms with Crippen molar-refractivity contribution in [2.24, 2.45) is 5.92 Å². The fraction of sp³-hybridized carbons (Fsp3) is 0.455. The zero-order chi connectivity index (χ0) is 19.3. The molecule has 1 aromatic heterocycles. The number of rotatable bonds is 6. The summed E-state index contributed by atoms with van der Waals surface area (Å²) in [5.74, 6) is 0.823. The second-order valence-electron chi connectivity index (χ2n) is 7.66. The summed E-state index contributed by atoms with van der Waals surface area (Å²) >= 11 is 0. The summed E-state index contributed by atoms with van der Waals surface area (Å²) in [4.78, 5) is 27.3. The molecule has 0 spiro atoms. The SMILES string of the molecule is O=C(NCc1ccco1)c1ccc(NC(=O)C2CC2)cc1N1CCCCCC1. The number of hydrogen-bond acceptors (Lipinski definition) is 4. The summed E-state index contributed by atoms with van der Waals surface area (Å²) in [6.07, 6.45) is 8.21. The van der Waals surface area contributed by atoms with Crippen LogP contribution < -0.4 is 15.5 Å². The first kappa shape index (κ1) is 18.6. The lowest BCUT2D eigenvalue weighted by molar-refractivity contribution is -0.117. The van der Waals surface area contributed by atoms with Gasteiger partial charge in [0.1, 0.15) is 5.76 Å². The van der Waals surface area contributed by atoms with Crippen molar-refractivity contribution in [3.8, 4) is 0 Å². The van der Waals surface area contributed by atoms with Crippen LogP contribution >= 0.6 is 0 Å². The van der Waals surface area contributed by atoms with Crippen molar-refractivity contribution < 1.29 is 14.0 Å². The van der Waals surface area contributed by atoms with Crippen LogP contribution in [0.2, 0.25) is 0 Å². The highest BCUT2D eigenvalue weighted by Crippen LogP contribution is 2.32. The average Bonchev–Trinajstić information content (AvgIpc) is 3.48. The van der Waals surface area contributed by atoms with Crippen molar-refractivity contribution in [3.05, 3.63) is 47.9 Å². The molecule has 2 aromatic rings. The quantitative estimate of drug-likeness (QED) is 0.795. The Morgan fingerprint density at radius 3 is 2.54 bits per heavy atom. The van der Waals surface area contributed by atoms with Gasteiger partial charge < -0.3 is 20.0 Å². The maximum absolute atomic E-state index is 12.9. The first-order valence-corrected chi connectivity index (χ1v) is 10.2. The molecule has 2 heterocycles. The average molecular weight is 381 g/mol. The van der Waals surface area contributed by atoms with Crippen molar-refractivity contribution in [1.82, 2.24) is 5.32 Å². The van der Waals surface area contributed by atoms with Crippen LogP contribution in [0, 0.1) is 5.92 Å². The molecule has 2 aliphatic rings. The Kier molecular flexibility index (Phi) is 5.65. The minimum absolute atomic E-state index is 0.0804. The van der Waals surface area contributed by atoms with Gasteiger partial charge in [-0.05, 0) is 56.0 Å². The van der Waals surface area contributed by atoms with Gasteiger partial charge in [0.15, 0.2) is 0 Å². The molecule has 0 radical (unpaired) electrons. The Morgan fingerprint density at radius 1 is 1.07 bits per heavy atom. The van der Waals surface area contributed by atoms with E-state index in [0.29, 0.717) is 12.1 Å². The Morgan fingerprint density at radius 2 is 1.86 bits per heavy atom. The summed E-state index contributed by atoms with van der Waals surface area (Å²) in [5.41, 5.74) is 2.30. The van der Waals surface area contributed by atoms with Crippen molar-refractivity contribution in [3.63, 3.8) is 0 Å². The molecule has 0 atom stereocenters. The normalized spacial score (nSPS) is 17.1. The first-order valence-electron chi connectivity index (χ1n) is 10.2. The molecule has 1 saturated carbocycles. The lowest BCUT2D eigenvalue weighted by Gasteiger charge is -2.26. The Balaban J connectivity index is 1.55. The maximum Gasteiger partial charge on any atom is 0.253 e. The molecular weight excluding hydrogens is 354 g/mol. The van der Waals surface area contributed by atoms with Gasteiger partial charge in [-0.3, -0.25) is 9.59 Å². The number of nitrogens with zero attached hydrogens (tertiary/aromatic N) is 1. The molecule has 0 unspecified atom stereocenters. The van der Waals surface area contributed by atoms with E-state index in [-0.39, 0.29) is 17.7 Å². The number of hydrogen-bond donors (Lipinski definition) is 2. The van der Waals surface area contributed by atoms with Gasteiger partial charge in [0.25, 0.3) is 5.91 Å². The van der Waals surface area contributed by atoms with Crippen molar-refractivity contribution in [2.45, 2.75) is 45.1 Å². The van der Waals surface area contributed by atoms with Crippen LogP contribution in [0.1, 0.15) is 54.6 Å². The van der Waals surface area contributed by atoms with Gasteiger partial charge in [-0.15, -0.1) is 0 Å². The summed E-state index contributed by atoms with van der Waals surface area (Å²) in [6.45, 7) is 2.21. The van der Waals surface area contributed by atoms with Crippen LogP contribution in [0.25, 0.3) is 0 Å². The van der Waals surface area contributed by atoms with Crippen LogP contribution in [0.5, 0.6) is 0 Å². The standard InChI is InChI=1S/C22H27N3O3/c26-21(16-7-8-16)24-17-9-10-19(22(27)23-15-18-6-5-13-28-18)20(14-17)25-11-3-1-2-4-12-25/h5-6,9-10,13-14,16H,1-4,7-8,11-12,15H2,(H,23,27)(H,24,26). The predicted molar refractivity (Wildman–Crippen MR) is 108 cm³/mol. The second kappa shape index (κ2) is 8.50. The zero-order valence-corrected chi connectivity index (χ0v) is 16.1. The van der Waals surface area contributed by atoms with Gasteiger partial charge >= 0.3 is 0 Å². The van der Waals surface area contributed by atoms with E-state index < -0.39 is 0 Å². The minimum atomic E-state index is -0.129. The number of furan rings is 1. The van der Waals surface area contributed by atoms with Crippen molar-refractivity contribution in [1.29, 1.82) is 0 Å². The number of anilines is 2. The lowest BCUT2D eigenvalue weighted by atomic mass is 10.1. The lowest BCUT2D eigenvalue weighted by Crippen LogP contribution is -2.29. The molecule has 2 amide bonds. The van der Waals surface area contributed by atoms with Crippen molar-refractivity contribution in [2.75, 3.05) is 23.3 Å². The number of benzene rings is 1. The van der Waals surface area contributed by atoms with E-state index in [2.05, 4.69) is 15.5 Å². The van der Waals surface area contributed by atoms with Crippen LogP contribution in [0.15, 0.2) is 41.0 Å². The highest BCUT2D eigenvalue weighted by molar-refractivity contribution is 6.01. The maximum atomic E-state index is 12.9. The van der Waals surface area contributed by atoms with Crippen LogP contribution in [0.3, 0.4) is 0 Å². The van der Waals surface area contributed by atoms with Crippen molar-refractivity contribution >= 4 is 23.2 Å². The van der Waals surface area contributed by atoms with Gasteiger partial charge in [0.05, 0.1) is 24.1 Å². The smallest absolute Gasteiger partial charge is 0.253 e. The van der Waals surface area contributed by atoms with Crippen LogP contribution in [-0.2, 0) is 11.3 Å². The molecule has 6 nitrogen and oxygen atoms in total. The predicted octanol–water partition coefficient (Wildman–Crippen LogP) is 3.94. The third-order valence-electron chi connectivity index (χ3n) is 5.41. The third kappa shape index (κ3) is 4.55. The molecule has 1 aliphatic carbocycles. The highest BCUT2D eigenvalue weighted by Gasteiger charge is 2.30. The number of amides is 2. The van der Waals surface area contributed by atoms with E-state index in [0.717, 1.165) is 55.9 Å². The Labute approximate surface area is 165 Å². The highest BCUT2D eigenvalue weighted by atomic mass is 16.3. The van der Waals surface area contributed by atoms with Gasteiger partial charge in [-0.2, -0.15) is 0 Å². The molecule has 1 saturated heterocycles. The molecule has 1 aromatic carbocycles. The Bertz CT molecular complexity index is 820. The van der Waals surface area contributed by atoms with E-state index in [9.17, 15) is 9.59 Å². The van der Waals surface area contributed by atoms with E-state index in [1.165, 1.54) is 12.8 Å². The molecule has 148 valence electrons. The number of carbonyl (C=O) groups excluding carboxylic acids is 2. The fourth-order valence-electron chi connectivity index (χ4n) is 3.64. The van der Waals surface area contributed by atoms with E-state index in [4.69, 9.17) is 4.42 Å². The van der Waals surface area contributed by atoms with Gasteiger partial charge in [-0.25, -0.2) is 0 Å². The summed E-state index contributed by atoms with van der Waals surface area (Å²) in [6, 6.07) is 9.24. The zero-order valence-electron chi connectivity index (χ0n) is 16.1. The van der Waals surface area contributed by atoms with Gasteiger partial charge in [0, 0.05) is 24.7 Å². The molecule has 28 heavy (non-hydrogen) atoms. The third-order valence-corrected chi connectivity index (χ3v) is 5.41. The van der Waals surface area contributed by atoms with Crippen LogP contribution in [-0.4, -0.2) is 24.9 Å². The van der Waals surface area contributed by atoms with E-state index in [1.54, 1.807) is 6.26 Å². The molecule has 4 rings (SSSR count). The first-order chi connectivity index (χ1) is 13.7. The molecule has 2 N–H and O–H groups in total. The van der Waals surface area contributed by atoms with E-state index >= 15 is 0 Å². The number of nitrogens with one attached hydrogen (secondary N) is 2. The largest absolute Gasteiger partial charge is 0.467 e. The minimum Gasteiger partial charge on any atom is -0.467 e. The number of carbonyl (C=O) groups is 2. The molecule has 2 fully saturated rings. The summed E-state index contributed by atoms with van der Waals surface area (Å²) < 4.78 is 5.30. The topological polar surface area (TPSA) is 74.6 Å². The van der Waals surface area contributed by atoms with Gasteiger partial charge in [0.2, 0.25) is 5.91 Å². The Hall–Kier alpha value is -2.76. The monoisotopic (exact) mass is 381 g/mol. The molecule has 6 heteroatoms. The molecule has 0 bridgehead atoms. The second-order valence-corrected chi connectivity index (χ2v) is 7.66. The molecule has 1 aliphatic heterocycles. The fourth-order valence-corrected chi connectivity index (χ4v) is 3.64. The summed E-state index contributed by atoms with van der Waals surface area (Å²) in [5, 5.41) is 5.95.